The molecule has 1 heterocycles. The summed E-state index contributed by atoms with van der Waals surface area (Å²) in [6.45, 7) is 0.849. The van der Waals surface area contributed by atoms with E-state index in [0.717, 1.165) is 30.3 Å². The number of benzene rings is 1. The van der Waals surface area contributed by atoms with Crippen LogP contribution in [0.15, 0.2) is 18.2 Å². The van der Waals surface area contributed by atoms with Gasteiger partial charge in [-0.1, -0.05) is 19.3 Å². The van der Waals surface area contributed by atoms with Crippen molar-refractivity contribution >= 4 is 11.4 Å². The molecule has 1 fully saturated rings. The summed E-state index contributed by atoms with van der Waals surface area (Å²) >= 11 is 0. The van der Waals surface area contributed by atoms with Crippen molar-refractivity contribution in [2.24, 2.45) is 5.92 Å². The molecule has 19 heavy (non-hydrogen) atoms. The second-order valence-corrected chi connectivity index (χ2v) is 5.20. The Bertz CT molecular complexity index is 552. The predicted molar refractivity (Wildman–Crippen MR) is 74.0 cm³/mol. The number of anilines is 2. The van der Waals surface area contributed by atoms with Crippen molar-refractivity contribution < 1.29 is 0 Å². The zero-order chi connectivity index (χ0) is 13.2. The Morgan fingerprint density at radius 1 is 1.16 bits per heavy atom. The van der Waals surface area contributed by atoms with Crippen LogP contribution in [-0.4, -0.2) is 20.2 Å². The molecule has 0 atom stereocenters. The van der Waals surface area contributed by atoms with E-state index in [-0.39, 0.29) is 0 Å². The Morgan fingerprint density at radius 2 is 1.89 bits per heavy atom. The highest BCUT2D eigenvalue weighted by atomic mass is 15.5. The van der Waals surface area contributed by atoms with Crippen LogP contribution in [0.25, 0.3) is 11.4 Å². The van der Waals surface area contributed by atoms with Gasteiger partial charge in [0.05, 0.1) is 0 Å². The van der Waals surface area contributed by atoms with Gasteiger partial charge in [0.15, 0.2) is 5.82 Å². The summed E-state index contributed by atoms with van der Waals surface area (Å²) in [5.74, 6) is 1.57. The minimum Gasteiger partial charge on any atom is -0.399 e. The van der Waals surface area contributed by atoms with Crippen molar-refractivity contribution in [3.05, 3.63) is 18.2 Å². The lowest BCUT2D eigenvalue weighted by Crippen LogP contribution is -2.15. The summed E-state index contributed by atoms with van der Waals surface area (Å²) in [5.41, 5.74) is 13.7. The molecule has 0 bridgehead atoms. The number of tetrazole rings is 1. The second kappa shape index (κ2) is 4.87. The number of nitrogen functional groups attached to an aromatic ring is 2. The van der Waals surface area contributed by atoms with Crippen LogP contribution in [0.3, 0.4) is 0 Å². The molecule has 0 aliphatic heterocycles. The normalized spacial score (nSPS) is 15.4. The van der Waals surface area contributed by atoms with Gasteiger partial charge in [0.1, 0.15) is 0 Å². The summed E-state index contributed by atoms with van der Waals surface area (Å²) in [6.07, 6.45) is 5.17. The van der Waals surface area contributed by atoms with Gasteiger partial charge in [0.2, 0.25) is 0 Å². The number of aryl methyl sites for hydroxylation is 1. The highest BCUT2D eigenvalue weighted by molar-refractivity contribution is 5.67. The SMILES string of the molecule is Nc1cc(N)cc(-c2nnnn2CCC2CCC2)c1. The molecule has 100 valence electrons. The van der Waals surface area contributed by atoms with E-state index in [1.54, 1.807) is 6.07 Å². The van der Waals surface area contributed by atoms with Gasteiger partial charge in [0, 0.05) is 23.5 Å². The molecule has 0 unspecified atom stereocenters. The number of nitrogens with zero attached hydrogens (tertiary/aromatic N) is 4. The third kappa shape index (κ3) is 2.52. The van der Waals surface area contributed by atoms with E-state index in [1.165, 1.54) is 19.3 Å². The van der Waals surface area contributed by atoms with Crippen LogP contribution in [0.1, 0.15) is 25.7 Å². The van der Waals surface area contributed by atoms with E-state index in [1.807, 2.05) is 16.8 Å². The van der Waals surface area contributed by atoms with Crippen molar-refractivity contribution in [2.75, 3.05) is 11.5 Å². The lowest BCUT2D eigenvalue weighted by Gasteiger charge is -2.24. The summed E-state index contributed by atoms with van der Waals surface area (Å²) in [6, 6.07) is 5.43. The summed E-state index contributed by atoms with van der Waals surface area (Å²) < 4.78 is 1.84. The molecule has 6 heteroatoms. The standard InChI is InChI=1S/C13H18N6/c14-11-6-10(7-12(15)8-11)13-16-17-18-19(13)5-4-9-2-1-3-9/h6-9H,1-5,14-15H2. The van der Waals surface area contributed by atoms with Crippen LogP contribution in [0.2, 0.25) is 0 Å². The van der Waals surface area contributed by atoms with Gasteiger partial charge in [-0.15, -0.1) is 5.10 Å². The van der Waals surface area contributed by atoms with Crippen molar-refractivity contribution in [3.8, 4) is 11.4 Å². The molecule has 1 aromatic heterocycles. The maximum atomic E-state index is 5.81. The van der Waals surface area contributed by atoms with Crippen LogP contribution in [-0.2, 0) is 6.54 Å². The average molecular weight is 258 g/mol. The quantitative estimate of drug-likeness (QED) is 0.814. The fraction of sp³-hybridized carbons (Fsp3) is 0.462. The molecule has 6 nitrogen and oxygen atoms in total. The van der Waals surface area contributed by atoms with Crippen molar-refractivity contribution in [1.29, 1.82) is 0 Å². The van der Waals surface area contributed by atoms with Gasteiger partial charge in [-0.25, -0.2) is 4.68 Å². The predicted octanol–water partition coefficient (Wildman–Crippen LogP) is 1.69. The smallest absolute Gasteiger partial charge is 0.182 e. The van der Waals surface area contributed by atoms with Crippen LogP contribution < -0.4 is 11.5 Å². The lowest BCUT2D eigenvalue weighted by atomic mass is 9.83. The second-order valence-electron chi connectivity index (χ2n) is 5.20. The first-order valence-electron chi connectivity index (χ1n) is 6.65. The molecule has 0 saturated heterocycles. The zero-order valence-electron chi connectivity index (χ0n) is 10.8. The van der Waals surface area contributed by atoms with Gasteiger partial charge in [-0.05, 0) is 41.0 Å². The molecular weight excluding hydrogens is 240 g/mol. The maximum Gasteiger partial charge on any atom is 0.182 e. The summed E-state index contributed by atoms with van der Waals surface area (Å²) in [7, 11) is 0. The topological polar surface area (TPSA) is 95.6 Å². The Balaban J connectivity index is 1.81. The minimum atomic E-state index is 0.628. The largest absolute Gasteiger partial charge is 0.399 e. The molecule has 4 N–H and O–H groups in total. The Morgan fingerprint density at radius 3 is 2.53 bits per heavy atom. The van der Waals surface area contributed by atoms with Crippen LogP contribution >= 0.6 is 0 Å². The third-order valence-electron chi connectivity index (χ3n) is 3.74. The third-order valence-corrected chi connectivity index (χ3v) is 3.74. The monoisotopic (exact) mass is 258 g/mol. The first kappa shape index (κ1) is 12.0. The van der Waals surface area contributed by atoms with Gasteiger partial charge >= 0.3 is 0 Å². The molecule has 1 aromatic carbocycles. The van der Waals surface area contributed by atoms with E-state index in [0.29, 0.717) is 11.4 Å². The molecule has 2 aromatic rings. The van der Waals surface area contributed by atoms with Gasteiger partial charge < -0.3 is 11.5 Å². The van der Waals surface area contributed by atoms with Gasteiger partial charge in [-0.2, -0.15) is 0 Å². The van der Waals surface area contributed by atoms with E-state index < -0.39 is 0 Å². The molecular formula is C13H18N6. The van der Waals surface area contributed by atoms with Gasteiger partial charge in [0.25, 0.3) is 0 Å². The highest BCUT2D eigenvalue weighted by Crippen LogP contribution is 2.30. The van der Waals surface area contributed by atoms with Crippen molar-refractivity contribution in [1.82, 2.24) is 20.2 Å². The Hall–Kier alpha value is -2.11. The van der Waals surface area contributed by atoms with E-state index >= 15 is 0 Å². The minimum absolute atomic E-state index is 0.628. The maximum absolute atomic E-state index is 5.81. The first-order chi connectivity index (χ1) is 9.22. The molecule has 1 saturated carbocycles. The fourth-order valence-corrected chi connectivity index (χ4v) is 2.45. The zero-order valence-corrected chi connectivity index (χ0v) is 10.8. The Labute approximate surface area is 111 Å². The van der Waals surface area contributed by atoms with E-state index in [4.69, 9.17) is 11.5 Å². The summed E-state index contributed by atoms with van der Waals surface area (Å²) in [5, 5.41) is 11.9. The van der Waals surface area contributed by atoms with Crippen molar-refractivity contribution in [2.45, 2.75) is 32.2 Å². The van der Waals surface area contributed by atoms with Crippen LogP contribution in [0.4, 0.5) is 11.4 Å². The summed E-state index contributed by atoms with van der Waals surface area (Å²) in [4.78, 5) is 0. The molecule has 1 aliphatic rings. The molecule has 3 rings (SSSR count). The van der Waals surface area contributed by atoms with Crippen molar-refractivity contribution in [3.63, 3.8) is 0 Å². The Kier molecular flexibility index (Phi) is 3.06. The van der Waals surface area contributed by atoms with Gasteiger partial charge in [-0.3, -0.25) is 0 Å². The van der Waals surface area contributed by atoms with Crippen LogP contribution in [0, 0.1) is 5.92 Å². The molecule has 0 amide bonds. The van der Waals surface area contributed by atoms with Crippen LogP contribution in [0.5, 0.6) is 0 Å². The van der Waals surface area contributed by atoms with E-state index in [9.17, 15) is 0 Å². The lowest BCUT2D eigenvalue weighted by molar-refractivity contribution is 0.277. The number of hydrogen-bond acceptors (Lipinski definition) is 5. The number of rotatable bonds is 4. The molecule has 0 spiro atoms. The average Bonchev–Trinajstić information content (AvgIpc) is 2.74. The highest BCUT2D eigenvalue weighted by Gasteiger charge is 2.18. The molecule has 0 radical (unpaired) electrons. The molecule has 1 aliphatic carbocycles. The number of aromatic nitrogens is 4. The number of nitrogens with two attached hydrogens (primary N) is 2. The fourth-order valence-electron chi connectivity index (χ4n) is 2.45. The number of hydrogen-bond donors (Lipinski definition) is 2. The van der Waals surface area contributed by atoms with E-state index in [2.05, 4.69) is 15.5 Å². The first-order valence-corrected chi connectivity index (χ1v) is 6.65.